The second kappa shape index (κ2) is 12.9. The fourth-order valence-electron chi connectivity index (χ4n) is 5.02. The lowest BCUT2D eigenvalue weighted by Gasteiger charge is -2.18. The van der Waals surface area contributed by atoms with Crippen molar-refractivity contribution in [3.63, 3.8) is 0 Å². The molecule has 2 N–H and O–H groups in total. The molecule has 4 aromatic rings. The van der Waals surface area contributed by atoms with Crippen molar-refractivity contribution in [1.82, 2.24) is 15.1 Å². The third-order valence-corrected chi connectivity index (χ3v) is 7.37. The second-order valence-electron chi connectivity index (χ2n) is 9.51. The van der Waals surface area contributed by atoms with Crippen molar-refractivity contribution in [3.8, 4) is 5.75 Å². The first kappa shape index (κ1) is 27.7. The maximum absolute atomic E-state index is 12.3. The van der Waals surface area contributed by atoms with Gasteiger partial charge in [0.25, 0.3) is 11.4 Å². The highest BCUT2D eigenvalue weighted by atomic mass is 16.5. The SMILES string of the molecule is CCN(CC)CCNC(=O)COc1ccc2oc3c(NCCN(CC)CC)c4ccccc4[n+](C)c3c2c1. The zero-order chi connectivity index (χ0) is 27.1. The second-order valence-corrected chi connectivity index (χ2v) is 9.51. The van der Waals surface area contributed by atoms with Crippen LogP contribution in [-0.2, 0) is 11.8 Å². The molecular formula is C30H42N5O3+. The Hall–Kier alpha value is -3.36. The molecule has 2 heterocycles. The van der Waals surface area contributed by atoms with E-state index in [1.54, 1.807) is 0 Å². The molecule has 0 aliphatic heterocycles. The smallest absolute Gasteiger partial charge is 0.261 e. The number of fused-ring (bicyclic) bond motifs is 4. The van der Waals surface area contributed by atoms with Gasteiger partial charge in [0.05, 0.1) is 16.5 Å². The fraction of sp³-hybridized carbons (Fsp3) is 0.467. The lowest BCUT2D eigenvalue weighted by molar-refractivity contribution is -0.616. The Bertz CT molecular complexity index is 1380. The average molecular weight is 521 g/mol. The number of carbonyl (C=O) groups is 1. The lowest BCUT2D eigenvalue weighted by atomic mass is 10.1. The van der Waals surface area contributed by atoms with E-state index in [0.29, 0.717) is 12.3 Å². The highest BCUT2D eigenvalue weighted by Gasteiger charge is 2.25. The van der Waals surface area contributed by atoms with Crippen molar-refractivity contribution >= 4 is 44.6 Å². The van der Waals surface area contributed by atoms with Gasteiger partial charge in [-0.2, -0.15) is 4.57 Å². The Kier molecular flexibility index (Phi) is 9.42. The van der Waals surface area contributed by atoms with Gasteiger partial charge in [0.2, 0.25) is 11.1 Å². The number of rotatable bonds is 14. The van der Waals surface area contributed by atoms with Crippen LogP contribution in [0.1, 0.15) is 27.7 Å². The molecule has 0 aliphatic rings. The summed E-state index contributed by atoms with van der Waals surface area (Å²) in [6, 6.07) is 14.1. The van der Waals surface area contributed by atoms with Gasteiger partial charge in [0, 0.05) is 32.2 Å². The summed E-state index contributed by atoms with van der Waals surface area (Å²) in [5, 5.41) is 8.70. The van der Waals surface area contributed by atoms with Crippen LogP contribution in [0.15, 0.2) is 46.9 Å². The average Bonchev–Trinajstić information content (AvgIpc) is 3.33. The van der Waals surface area contributed by atoms with Crippen LogP contribution < -0.4 is 19.9 Å². The van der Waals surface area contributed by atoms with E-state index in [0.717, 1.165) is 84.5 Å². The highest BCUT2D eigenvalue weighted by Crippen LogP contribution is 2.37. The Morgan fingerprint density at radius 2 is 1.61 bits per heavy atom. The van der Waals surface area contributed by atoms with Gasteiger partial charge in [-0.1, -0.05) is 39.8 Å². The van der Waals surface area contributed by atoms with E-state index in [2.05, 4.69) is 84.0 Å². The summed E-state index contributed by atoms with van der Waals surface area (Å²) in [5.41, 5.74) is 4.73. The molecule has 0 bridgehead atoms. The van der Waals surface area contributed by atoms with Crippen LogP contribution in [0, 0.1) is 0 Å². The number of ether oxygens (including phenoxy) is 1. The van der Waals surface area contributed by atoms with Gasteiger partial charge in [-0.05, 0) is 50.4 Å². The lowest BCUT2D eigenvalue weighted by Crippen LogP contribution is -2.36. The van der Waals surface area contributed by atoms with Crippen molar-refractivity contribution in [2.45, 2.75) is 27.7 Å². The third-order valence-electron chi connectivity index (χ3n) is 7.37. The van der Waals surface area contributed by atoms with E-state index in [9.17, 15) is 4.79 Å². The number of nitrogens with zero attached hydrogens (tertiary/aromatic N) is 3. The van der Waals surface area contributed by atoms with Crippen LogP contribution in [0.25, 0.3) is 33.0 Å². The molecule has 0 saturated carbocycles. The minimum atomic E-state index is -0.120. The first-order chi connectivity index (χ1) is 18.5. The van der Waals surface area contributed by atoms with Gasteiger partial charge >= 0.3 is 0 Å². The molecule has 0 fully saturated rings. The summed E-state index contributed by atoms with van der Waals surface area (Å²) in [6.07, 6.45) is 0. The van der Waals surface area contributed by atoms with Gasteiger partial charge in [-0.15, -0.1) is 0 Å². The number of aryl methyl sites for hydroxylation is 1. The molecule has 0 atom stereocenters. The standard InChI is InChI=1S/C30H41N5O3/c1-6-34(7-2)18-16-31-27(36)21-37-22-14-15-26-24(20-22)29-30(38-26)28(32-17-19-35(8-3)9-4)23-12-10-11-13-25(23)33(29)5/h10-15,20H,6-9,16-19,21H2,1-5H3,(H,31,36)/p+1. The Labute approximate surface area is 225 Å². The molecule has 0 aliphatic carbocycles. The number of aromatic nitrogens is 1. The third kappa shape index (κ3) is 6.03. The van der Waals surface area contributed by atoms with Crippen molar-refractivity contribution in [1.29, 1.82) is 0 Å². The van der Waals surface area contributed by atoms with E-state index in [4.69, 9.17) is 9.15 Å². The molecule has 38 heavy (non-hydrogen) atoms. The fourth-order valence-corrected chi connectivity index (χ4v) is 5.02. The predicted octanol–water partition coefficient (Wildman–Crippen LogP) is 4.15. The van der Waals surface area contributed by atoms with E-state index in [1.165, 1.54) is 0 Å². The number of benzene rings is 2. The van der Waals surface area contributed by atoms with E-state index in [-0.39, 0.29) is 12.5 Å². The van der Waals surface area contributed by atoms with Crippen molar-refractivity contribution in [3.05, 3.63) is 42.5 Å². The number of hydrogen-bond donors (Lipinski definition) is 2. The minimum Gasteiger partial charge on any atom is -0.484 e. The zero-order valence-corrected chi connectivity index (χ0v) is 23.5. The summed E-state index contributed by atoms with van der Waals surface area (Å²) < 4.78 is 14.5. The normalized spacial score (nSPS) is 11.8. The van der Waals surface area contributed by atoms with Crippen LogP contribution in [0.3, 0.4) is 0 Å². The maximum Gasteiger partial charge on any atom is 0.261 e. The van der Waals surface area contributed by atoms with Crippen LogP contribution in [0.2, 0.25) is 0 Å². The molecule has 2 aromatic heterocycles. The molecule has 0 radical (unpaired) electrons. The molecule has 8 nitrogen and oxygen atoms in total. The van der Waals surface area contributed by atoms with Gasteiger partial charge in [-0.3, -0.25) is 4.79 Å². The van der Waals surface area contributed by atoms with Crippen molar-refractivity contribution < 1.29 is 18.5 Å². The van der Waals surface area contributed by atoms with Crippen molar-refractivity contribution in [2.75, 3.05) is 64.3 Å². The van der Waals surface area contributed by atoms with Gasteiger partial charge in [0.15, 0.2) is 6.61 Å². The Balaban J connectivity index is 1.59. The predicted molar refractivity (Wildman–Crippen MR) is 155 cm³/mol. The van der Waals surface area contributed by atoms with Crippen LogP contribution in [-0.4, -0.2) is 74.7 Å². The summed E-state index contributed by atoms with van der Waals surface area (Å²) >= 11 is 0. The zero-order valence-electron chi connectivity index (χ0n) is 23.5. The number of pyridine rings is 1. The summed E-state index contributed by atoms with van der Waals surface area (Å²) in [7, 11) is 2.07. The first-order valence-corrected chi connectivity index (χ1v) is 13.9. The van der Waals surface area contributed by atoms with Crippen LogP contribution >= 0.6 is 0 Å². The van der Waals surface area contributed by atoms with Crippen LogP contribution in [0.4, 0.5) is 5.69 Å². The summed E-state index contributed by atoms with van der Waals surface area (Å²) in [6.45, 7) is 15.8. The highest BCUT2D eigenvalue weighted by molar-refractivity contribution is 6.11. The maximum atomic E-state index is 12.3. The Morgan fingerprint density at radius 1 is 0.921 bits per heavy atom. The number of hydrogen-bond acceptors (Lipinski definition) is 6. The Morgan fingerprint density at radius 3 is 2.32 bits per heavy atom. The minimum absolute atomic E-state index is 0.0211. The molecular weight excluding hydrogens is 478 g/mol. The quantitative estimate of drug-likeness (QED) is 0.243. The topological polar surface area (TPSA) is 73.9 Å². The molecule has 0 spiro atoms. The number of anilines is 1. The van der Waals surface area contributed by atoms with E-state index in [1.807, 2.05) is 18.2 Å². The van der Waals surface area contributed by atoms with Gasteiger partial charge < -0.3 is 29.6 Å². The van der Waals surface area contributed by atoms with E-state index < -0.39 is 0 Å². The van der Waals surface area contributed by atoms with Gasteiger partial charge in [0.1, 0.15) is 18.4 Å². The molecule has 0 unspecified atom stereocenters. The number of amides is 1. The number of carbonyl (C=O) groups excluding carboxylic acids is 1. The van der Waals surface area contributed by atoms with Crippen molar-refractivity contribution in [2.24, 2.45) is 7.05 Å². The number of furan rings is 1. The summed E-state index contributed by atoms with van der Waals surface area (Å²) in [5.74, 6) is 0.522. The summed E-state index contributed by atoms with van der Waals surface area (Å²) in [4.78, 5) is 17.0. The number of para-hydroxylation sites is 1. The molecule has 8 heteroatoms. The molecule has 4 rings (SSSR count). The van der Waals surface area contributed by atoms with Gasteiger partial charge in [-0.25, -0.2) is 0 Å². The molecule has 1 amide bonds. The largest absolute Gasteiger partial charge is 0.484 e. The first-order valence-electron chi connectivity index (χ1n) is 13.9. The number of likely N-dealkylation sites (N-methyl/N-ethyl adjacent to an activating group) is 2. The molecule has 0 saturated heterocycles. The van der Waals surface area contributed by atoms with Crippen LogP contribution in [0.5, 0.6) is 5.75 Å². The monoisotopic (exact) mass is 520 g/mol. The molecule has 2 aromatic carbocycles. The van der Waals surface area contributed by atoms with E-state index >= 15 is 0 Å². The number of nitrogens with one attached hydrogen (secondary N) is 2. The molecule has 204 valence electrons.